The van der Waals surface area contributed by atoms with E-state index in [1.54, 1.807) is 0 Å². The standard InChI is InChI=1S/C16H27NO2/c18-10-12-6-8-16-7-3-4-13(15(16)19-12)14-5-1-2-9-17(14)11-16/h12-15,18H,1-11H2. The van der Waals surface area contributed by atoms with Crippen LogP contribution >= 0.6 is 0 Å². The monoisotopic (exact) mass is 265 g/mol. The Balaban J connectivity index is 1.63. The Bertz CT molecular complexity index is 348. The first-order valence-corrected chi connectivity index (χ1v) is 8.33. The molecule has 3 nitrogen and oxygen atoms in total. The van der Waals surface area contributed by atoms with E-state index in [2.05, 4.69) is 4.90 Å². The molecular weight excluding hydrogens is 238 g/mol. The van der Waals surface area contributed by atoms with Crippen LogP contribution in [0.5, 0.6) is 0 Å². The van der Waals surface area contributed by atoms with E-state index in [0.717, 1.165) is 18.4 Å². The van der Waals surface area contributed by atoms with E-state index in [9.17, 15) is 5.11 Å². The Morgan fingerprint density at radius 1 is 1.11 bits per heavy atom. The highest BCUT2D eigenvalue weighted by molar-refractivity contribution is 5.08. The average Bonchev–Trinajstić information content (AvgIpc) is 2.45. The largest absolute Gasteiger partial charge is 0.394 e. The topological polar surface area (TPSA) is 32.7 Å². The van der Waals surface area contributed by atoms with E-state index in [1.165, 1.54) is 58.0 Å². The van der Waals surface area contributed by atoms with Crippen molar-refractivity contribution in [3.05, 3.63) is 0 Å². The van der Waals surface area contributed by atoms with Gasteiger partial charge in [-0.3, -0.25) is 4.90 Å². The molecule has 0 aromatic rings. The highest BCUT2D eigenvalue weighted by atomic mass is 16.5. The number of rotatable bonds is 1. The van der Waals surface area contributed by atoms with Crippen LogP contribution in [0.25, 0.3) is 0 Å². The zero-order chi connectivity index (χ0) is 12.9. The summed E-state index contributed by atoms with van der Waals surface area (Å²) < 4.78 is 6.37. The minimum absolute atomic E-state index is 0.119. The van der Waals surface area contributed by atoms with Crippen molar-refractivity contribution in [2.75, 3.05) is 19.7 Å². The summed E-state index contributed by atoms with van der Waals surface area (Å²) in [6, 6.07) is 0.782. The SMILES string of the molecule is OCC1CCC23CCCC(C4CCCCN4C2)C3O1. The Morgan fingerprint density at radius 2 is 2.05 bits per heavy atom. The quantitative estimate of drug-likeness (QED) is 0.789. The lowest BCUT2D eigenvalue weighted by molar-refractivity contribution is -0.228. The number of hydrogen-bond donors (Lipinski definition) is 1. The van der Waals surface area contributed by atoms with Gasteiger partial charge in [-0.05, 0) is 45.1 Å². The molecule has 5 unspecified atom stereocenters. The summed E-state index contributed by atoms with van der Waals surface area (Å²) in [6.45, 7) is 2.81. The van der Waals surface area contributed by atoms with Crippen LogP contribution in [0.15, 0.2) is 0 Å². The van der Waals surface area contributed by atoms with Gasteiger partial charge >= 0.3 is 0 Å². The van der Waals surface area contributed by atoms with Crippen molar-refractivity contribution in [1.29, 1.82) is 0 Å². The molecule has 0 aromatic carbocycles. The van der Waals surface area contributed by atoms with Gasteiger partial charge in [-0.2, -0.15) is 0 Å². The van der Waals surface area contributed by atoms with Gasteiger partial charge in [0.2, 0.25) is 0 Å². The highest BCUT2D eigenvalue weighted by Gasteiger charge is 2.57. The third-order valence-electron chi connectivity index (χ3n) is 6.39. The van der Waals surface area contributed by atoms with Crippen molar-refractivity contribution in [2.24, 2.45) is 11.3 Å². The molecule has 2 bridgehead atoms. The minimum Gasteiger partial charge on any atom is -0.394 e. The fraction of sp³-hybridized carbons (Fsp3) is 1.00. The van der Waals surface area contributed by atoms with Crippen LogP contribution in [0.3, 0.4) is 0 Å². The van der Waals surface area contributed by atoms with Crippen molar-refractivity contribution in [1.82, 2.24) is 4.90 Å². The normalized spacial score (nSPS) is 50.4. The van der Waals surface area contributed by atoms with E-state index >= 15 is 0 Å². The summed E-state index contributed by atoms with van der Waals surface area (Å²) >= 11 is 0. The van der Waals surface area contributed by atoms with Crippen LogP contribution in [-0.2, 0) is 4.74 Å². The van der Waals surface area contributed by atoms with Gasteiger partial charge in [0.25, 0.3) is 0 Å². The van der Waals surface area contributed by atoms with E-state index in [0.29, 0.717) is 11.5 Å². The second-order valence-electron chi connectivity index (χ2n) is 7.35. The maximum atomic E-state index is 9.44. The summed E-state index contributed by atoms with van der Waals surface area (Å²) in [7, 11) is 0. The number of piperidine rings is 2. The Kier molecular flexibility index (Phi) is 3.13. The maximum absolute atomic E-state index is 9.44. The molecular formula is C16H27NO2. The third kappa shape index (κ3) is 1.89. The summed E-state index contributed by atoms with van der Waals surface area (Å²) in [6.07, 6.45) is 11.2. The molecule has 4 fully saturated rings. The summed E-state index contributed by atoms with van der Waals surface area (Å²) in [5, 5.41) is 9.44. The van der Waals surface area contributed by atoms with Crippen LogP contribution in [0.4, 0.5) is 0 Å². The van der Waals surface area contributed by atoms with Crippen molar-refractivity contribution < 1.29 is 9.84 Å². The number of ether oxygens (including phenoxy) is 1. The minimum atomic E-state index is 0.119. The zero-order valence-corrected chi connectivity index (χ0v) is 11.9. The molecule has 3 aliphatic heterocycles. The smallest absolute Gasteiger partial charge is 0.0810 e. The van der Waals surface area contributed by atoms with Crippen LogP contribution in [0.1, 0.15) is 51.4 Å². The van der Waals surface area contributed by atoms with Crippen LogP contribution in [-0.4, -0.2) is 48.0 Å². The van der Waals surface area contributed by atoms with Crippen molar-refractivity contribution >= 4 is 0 Å². The van der Waals surface area contributed by atoms with Crippen LogP contribution in [0, 0.1) is 11.3 Å². The van der Waals surface area contributed by atoms with E-state index < -0.39 is 0 Å². The number of aliphatic hydroxyl groups is 1. The van der Waals surface area contributed by atoms with Gasteiger partial charge in [0.15, 0.2) is 0 Å². The Morgan fingerprint density at radius 3 is 2.95 bits per heavy atom. The summed E-state index contributed by atoms with van der Waals surface area (Å²) in [4.78, 5) is 2.80. The highest BCUT2D eigenvalue weighted by Crippen LogP contribution is 2.54. The Labute approximate surface area is 116 Å². The van der Waals surface area contributed by atoms with Gasteiger partial charge in [0.1, 0.15) is 0 Å². The van der Waals surface area contributed by atoms with Gasteiger partial charge in [0.05, 0.1) is 18.8 Å². The van der Waals surface area contributed by atoms with Crippen molar-refractivity contribution in [3.8, 4) is 0 Å². The molecule has 5 atom stereocenters. The molecule has 4 aliphatic rings. The molecule has 19 heavy (non-hydrogen) atoms. The van der Waals surface area contributed by atoms with Crippen LogP contribution < -0.4 is 0 Å². The molecule has 0 amide bonds. The molecule has 1 saturated carbocycles. The number of aliphatic hydroxyl groups excluding tert-OH is 1. The lowest BCUT2D eigenvalue weighted by atomic mass is 9.58. The van der Waals surface area contributed by atoms with Crippen molar-refractivity contribution in [2.45, 2.75) is 69.6 Å². The summed E-state index contributed by atoms with van der Waals surface area (Å²) in [5.41, 5.74) is 0.433. The zero-order valence-electron chi connectivity index (χ0n) is 11.9. The van der Waals surface area contributed by atoms with Gasteiger partial charge in [-0.1, -0.05) is 12.8 Å². The number of hydrogen-bond acceptors (Lipinski definition) is 3. The molecule has 0 radical (unpaired) electrons. The molecule has 3 heterocycles. The first kappa shape index (κ1) is 12.6. The van der Waals surface area contributed by atoms with Gasteiger partial charge in [-0.15, -0.1) is 0 Å². The molecule has 1 N–H and O–H groups in total. The lowest BCUT2D eigenvalue weighted by Gasteiger charge is -2.62. The van der Waals surface area contributed by atoms with E-state index in [-0.39, 0.29) is 12.7 Å². The molecule has 1 aliphatic carbocycles. The van der Waals surface area contributed by atoms with Crippen molar-refractivity contribution in [3.63, 3.8) is 0 Å². The number of fused-ring (bicyclic) bond motifs is 2. The van der Waals surface area contributed by atoms with Gasteiger partial charge in [-0.25, -0.2) is 0 Å². The molecule has 0 spiro atoms. The average molecular weight is 265 g/mol. The van der Waals surface area contributed by atoms with E-state index in [1.807, 2.05) is 0 Å². The second kappa shape index (κ2) is 4.71. The summed E-state index contributed by atoms with van der Waals surface area (Å²) in [5.74, 6) is 0.747. The van der Waals surface area contributed by atoms with E-state index in [4.69, 9.17) is 4.74 Å². The lowest BCUT2D eigenvalue weighted by Crippen LogP contribution is -2.67. The van der Waals surface area contributed by atoms with Crippen LogP contribution in [0.2, 0.25) is 0 Å². The first-order chi connectivity index (χ1) is 9.32. The second-order valence-corrected chi connectivity index (χ2v) is 7.35. The first-order valence-electron chi connectivity index (χ1n) is 8.33. The molecule has 3 heteroatoms. The molecule has 4 rings (SSSR count). The number of nitrogens with zero attached hydrogens (tertiary/aromatic N) is 1. The predicted molar refractivity (Wildman–Crippen MR) is 74.0 cm³/mol. The predicted octanol–water partition coefficient (Wildman–Crippen LogP) is 2.18. The third-order valence-corrected chi connectivity index (χ3v) is 6.39. The molecule has 3 saturated heterocycles. The van der Waals surface area contributed by atoms with Gasteiger partial charge < -0.3 is 9.84 Å². The maximum Gasteiger partial charge on any atom is 0.0810 e. The molecule has 108 valence electrons. The molecule has 0 aromatic heterocycles. The fourth-order valence-electron chi connectivity index (χ4n) is 5.55. The fourth-order valence-corrected chi connectivity index (χ4v) is 5.55. The Hall–Kier alpha value is -0.120. The van der Waals surface area contributed by atoms with Gasteiger partial charge in [0, 0.05) is 23.9 Å².